The lowest BCUT2D eigenvalue weighted by Crippen LogP contribution is -2.26. The van der Waals surface area contributed by atoms with Gasteiger partial charge in [-0.25, -0.2) is 9.78 Å². The molecule has 2 heterocycles. The zero-order chi connectivity index (χ0) is 18.4. The fourth-order valence-electron chi connectivity index (χ4n) is 1.96. The Morgan fingerprint density at radius 2 is 2.24 bits per heavy atom. The van der Waals surface area contributed by atoms with E-state index >= 15 is 0 Å². The van der Waals surface area contributed by atoms with E-state index in [1.54, 1.807) is 0 Å². The highest BCUT2D eigenvalue weighted by Gasteiger charge is 2.30. The second-order valence-corrected chi connectivity index (χ2v) is 7.04. The van der Waals surface area contributed by atoms with Gasteiger partial charge in [0.1, 0.15) is 0 Å². The molecule has 0 atom stereocenters. The number of hydrogen-bond acceptors (Lipinski definition) is 6. The lowest BCUT2D eigenvalue weighted by Gasteiger charge is -2.16. The standard InChI is InChI=1S/C15H15F3N2O3S2/c1-23-14(22)7-13-20(12(21)9-25-13)5-2-6-24-11-4-3-10(8-19-11)15(16,17)18/h3-4,7-8H,2,5-6,9H2,1H3/b13-7+. The quantitative estimate of drug-likeness (QED) is 0.321. The molecule has 0 saturated carbocycles. The number of hydrogen-bond donors (Lipinski definition) is 0. The van der Waals surface area contributed by atoms with Crippen molar-refractivity contribution in [2.24, 2.45) is 0 Å². The van der Waals surface area contributed by atoms with Crippen LogP contribution in [0.4, 0.5) is 13.2 Å². The molecule has 1 aromatic rings. The van der Waals surface area contributed by atoms with E-state index in [9.17, 15) is 22.8 Å². The van der Waals surface area contributed by atoms with Crippen LogP contribution >= 0.6 is 23.5 Å². The summed E-state index contributed by atoms with van der Waals surface area (Å²) in [5.41, 5.74) is -0.783. The third-order valence-corrected chi connectivity index (χ3v) is 5.25. The monoisotopic (exact) mass is 392 g/mol. The summed E-state index contributed by atoms with van der Waals surface area (Å²) in [5, 5.41) is 1.04. The van der Waals surface area contributed by atoms with E-state index in [1.807, 2.05) is 0 Å². The summed E-state index contributed by atoms with van der Waals surface area (Å²) < 4.78 is 41.9. The van der Waals surface area contributed by atoms with Gasteiger partial charge in [-0.3, -0.25) is 4.79 Å². The molecule has 25 heavy (non-hydrogen) atoms. The van der Waals surface area contributed by atoms with Crippen molar-refractivity contribution in [2.45, 2.75) is 17.6 Å². The van der Waals surface area contributed by atoms with Crippen LogP contribution in [0.1, 0.15) is 12.0 Å². The van der Waals surface area contributed by atoms with Crippen molar-refractivity contribution in [1.29, 1.82) is 0 Å². The summed E-state index contributed by atoms with van der Waals surface area (Å²) in [4.78, 5) is 28.4. The van der Waals surface area contributed by atoms with E-state index in [-0.39, 0.29) is 11.7 Å². The normalized spacial score (nSPS) is 16.6. The minimum Gasteiger partial charge on any atom is -0.466 e. The highest BCUT2D eigenvalue weighted by molar-refractivity contribution is 8.04. The Balaban J connectivity index is 1.83. The average Bonchev–Trinajstić information content (AvgIpc) is 2.91. The minimum atomic E-state index is -4.40. The van der Waals surface area contributed by atoms with Crippen LogP contribution in [-0.4, -0.2) is 46.9 Å². The Bertz CT molecular complexity index is 663. The predicted molar refractivity (Wildman–Crippen MR) is 88.9 cm³/mol. The number of pyridine rings is 1. The smallest absolute Gasteiger partial charge is 0.417 e. The van der Waals surface area contributed by atoms with Crippen molar-refractivity contribution in [3.8, 4) is 0 Å². The van der Waals surface area contributed by atoms with Crippen LogP contribution in [0.15, 0.2) is 34.5 Å². The molecule has 10 heteroatoms. The maximum absolute atomic E-state index is 12.5. The van der Waals surface area contributed by atoms with Gasteiger partial charge in [-0.2, -0.15) is 13.2 Å². The van der Waals surface area contributed by atoms with Gasteiger partial charge in [0.05, 0.1) is 34.6 Å². The molecule has 1 saturated heterocycles. The molecule has 1 fully saturated rings. The van der Waals surface area contributed by atoms with Crippen LogP contribution in [0.2, 0.25) is 0 Å². The molecule has 0 bridgehead atoms. The van der Waals surface area contributed by atoms with Gasteiger partial charge in [-0.15, -0.1) is 11.8 Å². The molecule has 0 spiro atoms. The summed E-state index contributed by atoms with van der Waals surface area (Å²) >= 11 is 2.58. The van der Waals surface area contributed by atoms with Gasteiger partial charge in [0, 0.05) is 18.5 Å². The topological polar surface area (TPSA) is 59.5 Å². The van der Waals surface area contributed by atoms with Crippen molar-refractivity contribution in [2.75, 3.05) is 25.2 Å². The van der Waals surface area contributed by atoms with Crippen molar-refractivity contribution >= 4 is 35.4 Å². The van der Waals surface area contributed by atoms with Crippen LogP contribution in [0.5, 0.6) is 0 Å². The Labute approximate surface area is 151 Å². The third-order valence-electron chi connectivity index (χ3n) is 3.19. The zero-order valence-corrected chi connectivity index (χ0v) is 14.8. The number of esters is 1. The molecule has 1 aromatic heterocycles. The van der Waals surface area contributed by atoms with Crippen molar-refractivity contribution < 1.29 is 27.5 Å². The zero-order valence-electron chi connectivity index (χ0n) is 13.2. The number of alkyl halides is 3. The van der Waals surface area contributed by atoms with Crippen LogP contribution < -0.4 is 0 Å². The fourth-order valence-corrected chi connectivity index (χ4v) is 3.69. The molecule has 5 nitrogen and oxygen atoms in total. The maximum Gasteiger partial charge on any atom is 0.417 e. The third kappa shape index (κ3) is 5.67. The van der Waals surface area contributed by atoms with Gasteiger partial charge in [0.15, 0.2) is 0 Å². The number of rotatable bonds is 6. The molecule has 0 unspecified atom stereocenters. The molecule has 0 N–H and O–H groups in total. The number of ether oxygens (including phenoxy) is 1. The molecule has 0 radical (unpaired) electrons. The summed E-state index contributed by atoms with van der Waals surface area (Å²) in [7, 11) is 1.26. The van der Waals surface area contributed by atoms with Gasteiger partial charge in [0.2, 0.25) is 5.91 Å². The summed E-state index contributed by atoms with van der Waals surface area (Å²) in [6.07, 6.45) is -1.70. The van der Waals surface area contributed by atoms with E-state index in [0.717, 1.165) is 12.3 Å². The average molecular weight is 392 g/mol. The van der Waals surface area contributed by atoms with Crippen LogP contribution in [0, 0.1) is 0 Å². The van der Waals surface area contributed by atoms with Gasteiger partial charge >= 0.3 is 12.1 Å². The SMILES string of the molecule is COC(=O)/C=C1/SCC(=O)N1CCCSc1ccc(C(F)(F)F)cn1. The van der Waals surface area contributed by atoms with E-state index in [1.165, 1.54) is 47.7 Å². The first-order valence-electron chi connectivity index (χ1n) is 7.20. The second-order valence-electron chi connectivity index (χ2n) is 4.92. The number of carbonyl (C=O) groups excluding carboxylic acids is 2. The first-order chi connectivity index (χ1) is 11.8. The first kappa shape index (κ1) is 19.6. The minimum absolute atomic E-state index is 0.0854. The van der Waals surface area contributed by atoms with E-state index < -0.39 is 17.7 Å². The van der Waals surface area contributed by atoms with E-state index in [0.29, 0.717) is 28.8 Å². The number of halogens is 3. The Morgan fingerprint density at radius 3 is 2.84 bits per heavy atom. The van der Waals surface area contributed by atoms with Crippen LogP contribution in [0.25, 0.3) is 0 Å². The molecule has 1 aliphatic heterocycles. The maximum atomic E-state index is 12.5. The number of nitrogens with zero attached hydrogens (tertiary/aromatic N) is 2. The number of aromatic nitrogens is 1. The van der Waals surface area contributed by atoms with Crippen LogP contribution in [-0.2, 0) is 20.5 Å². The molecule has 1 aliphatic rings. The number of amides is 1. The van der Waals surface area contributed by atoms with Gasteiger partial charge in [-0.05, 0) is 18.6 Å². The molecule has 0 aliphatic carbocycles. The summed E-state index contributed by atoms with van der Waals surface area (Å²) in [6.45, 7) is 0.419. The Hall–Kier alpha value is -1.68. The molecule has 1 amide bonds. The van der Waals surface area contributed by atoms with Gasteiger partial charge in [-0.1, -0.05) is 11.8 Å². The lowest BCUT2D eigenvalue weighted by molar-refractivity contribution is -0.138. The van der Waals surface area contributed by atoms with Gasteiger partial charge in [0.25, 0.3) is 0 Å². The van der Waals surface area contributed by atoms with E-state index in [2.05, 4.69) is 9.72 Å². The Morgan fingerprint density at radius 1 is 1.48 bits per heavy atom. The van der Waals surface area contributed by atoms with Crippen molar-refractivity contribution in [3.63, 3.8) is 0 Å². The predicted octanol–water partition coefficient (Wildman–Crippen LogP) is 3.17. The highest BCUT2D eigenvalue weighted by Crippen LogP contribution is 2.31. The lowest BCUT2D eigenvalue weighted by atomic mass is 10.3. The molecule has 0 aromatic carbocycles. The molecular formula is C15H15F3N2O3S2. The molecular weight excluding hydrogens is 377 g/mol. The number of carbonyl (C=O) groups is 2. The molecule has 136 valence electrons. The number of thioether (sulfide) groups is 2. The second kappa shape index (κ2) is 8.61. The summed E-state index contributed by atoms with van der Waals surface area (Å²) in [5.74, 6) is 0.248. The van der Waals surface area contributed by atoms with Gasteiger partial charge < -0.3 is 9.64 Å². The summed E-state index contributed by atoms with van der Waals surface area (Å²) in [6, 6.07) is 2.32. The first-order valence-corrected chi connectivity index (χ1v) is 9.17. The number of methoxy groups -OCH3 is 1. The highest BCUT2D eigenvalue weighted by atomic mass is 32.2. The molecule has 2 rings (SSSR count). The largest absolute Gasteiger partial charge is 0.466 e. The van der Waals surface area contributed by atoms with Crippen LogP contribution in [0.3, 0.4) is 0 Å². The van der Waals surface area contributed by atoms with E-state index in [4.69, 9.17) is 0 Å². The van der Waals surface area contributed by atoms with Crippen molar-refractivity contribution in [3.05, 3.63) is 35.0 Å². The fraction of sp³-hybridized carbons (Fsp3) is 0.400. The Kier molecular flexibility index (Phi) is 6.77. The van der Waals surface area contributed by atoms with Crippen molar-refractivity contribution in [1.82, 2.24) is 9.88 Å².